The van der Waals surface area contributed by atoms with E-state index in [2.05, 4.69) is 67.8 Å². The van der Waals surface area contributed by atoms with Crippen molar-refractivity contribution in [1.29, 1.82) is 0 Å². The first-order chi connectivity index (χ1) is 27.5. The van der Waals surface area contributed by atoms with Crippen LogP contribution in [0.5, 0.6) is 0 Å². The number of hydrogen-bond acceptors (Lipinski definition) is 10. The summed E-state index contributed by atoms with van der Waals surface area (Å²) < 4.78 is 62.0. The van der Waals surface area contributed by atoms with Gasteiger partial charge in [0.2, 0.25) is 0 Å². The minimum atomic E-state index is -1.99. The van der Waals surface area contributed by atoms with Crippen LogP contribution in [0, 0.1) is 17.8 Å². The third kappa shape index (κ3) is 7.96. The van der Waals surface area contributed by atoms with Gasteiger partial charge in [0.25, 0.3) is 0 Å². The van der Waals surface area contributed by atoms with Crippen molar-refractivity contribution in [2.75, 3.05) is 0 Å². The highest BCUT2D eigenvalue weighted by molar-refractivity contribution is 6.74. The highest BCUT2D eigenvalue weighted by atomic mass is 28.4. The number of ketones is 1. The monoisotopic (exact) mass is 827 g/mol. The first kappa shape index (κ1) is 42.3. The summed E-state index contributed by atoms with van der Waals surface area (Å²) in [4.78, 5) is 14.3. The number of carbonyl (C=O) groups excluding carboxylic acids is 1. The van der Waals surface area contributed by atoms with E-state index >= 15 is 0 Å². The van der Waals surface area contributed by atoms with Gasteiger partial charge in [-0.25, -0.2) is 0 Å². The van der Waals surface area contributed by atoms with Gasteiger partial charge < -0.3 is 42.3 Å². The molecule has 1 spiro atoms. The van der Waals surface area contributed by atoms with E-state index in [1.165, 1.54) is 5.57 Å². The van der Waals surface area contributed by atoms with Crippen molar-refractivity contribution in [3.05, 3.63) is 24.3 Å². The Labute approximate surface area is 349 Å². The molecule has 0 aromatic rings. The molecule has 58 heavy (non-hydrogen) atoms. The van der Waals surface area contributed by atoms with Gasteiger partial charge in [-0.05, 0) is 105 Å². The number of Topliss-reactive ketones (excluding diaryl/α,β-unsaturated/α-hetero) is 1. The molecule has 10 saturated heterocycles. The van der Waals surface area contributed by atoms with E-state index in [1.807, 2.05) is 0 Å². The molecular weight excluding hydrogens is 753 g/mol. The molecule has 0 saturated carbocycles. The summed E-state index contributed by atoms with van der Waals surface area (Å²) in [5.41, 5.74) is 2.32. The summed E-state index contributed by atoms with van der Waals surface area (Å²) in [5, 5.41) is 0.123. The molecule has 0 aromatic heterocycles. The molecule has 10 fully saturated rings. The molecule has 11 heteroatoms. The second kappa shape index (κ2) is 16.0. The van der Waals surface area contributed by atoms with Crippen LogP contribution in [0.3, 0.4) is 0 Å². The standard InChI is InChI=1S/C47H74O10Si/c1-11-30(57-58(9,10)46(6,7)8)22-37-28(5)34-21-29(48)20-32-13-15-36-41(51-32)45-44-43(53-36)42-40(54-44)24-47(55-42,56-45)17-16-33-19-26(3)35(49-33)14-12-31-18-25(2)27(4)38(50-31)23-39(34)52-37/h25,28,30-45H,3-4,11-24H2,1-2,5-10H3/t25-,28-,30-,31+,32-,33+,34-,35?,36+,37-,38?,39+,40?,41+,42-,43?,44-,45+,47?/m1/s1. The zero-order valence-corrected chi connectivity index (χ0v) is 37.8. The van der Waals surface area contributed by atoms with Gasteiger partial charge in [0.1, 0.15) is 36.3 Å². The average Bonchev–Trinajstić information content (AvgIpc) is 3.82. The summed E-state index contributed by atoms with van der Waals surface area (Å²) in [7, 11) is -1.99. The van der Waals surface area contributed by atoms with Crippen LogP contribution in [0.2, 0.25) is 18.1 Å². The zero-order valence-electron chi connectivity index (χ0n) is 36.8. The lowest BCUT2D eigenvalue weighted by atomic mass is 9.78. The second-order valence-corrected chi connectivity index (χ2v) is 26.4. The Morgan fingerprint density at radius 1 is 0.759 bits per heavy atom. The summed E-state index contributed by atoms with van der Waals surface area (Å²) in [5.74, 6) is 0.0738. The zero-order chi connectivity index (χ0) is 40.9. The van der Waals surface area contributed by atoms with Crippen molar-refractivity contribution in [2.24, 2.45) is 17.8 Å². The molecular formula is C47H74O10Si. The van der Waals surface area contributed by atoms with Crippen LogP contribution in [0.15, 0.2) is 24.3 Å². The Morgan fingerprint density at radius 2 is 1.47 bits per heavy atom. The molecule has 12 bridgehead atoms. The minimum Gasteiger partial charge on any atom is -0.414 e. The number of fused-ring (bicyclic) bond motifs is 6. The molecule has 10 heterocycles. The van der Waals surface area contributed by atoms with Crippen LogP contribution in [-0.4, -0.2) is 111 Å². The van der Waals surface area contributed by atoms with Gasteiger partial charge >= 0.3 is 0 Å². The maximum absolute atomic E-state index is 14.3. The Bertz CT molecular complexity index is 1560. The highest BCUT2D eigenvalue weighted by Gasteiger charge is 2.68. The smallest absolute Gasteiger partial charge is 0.192 e. The van der Waals surface area contributed by atoms with Crippen molar-refractivity contribution in [3.63, 3.8) is 0 Å². The fraction of sp³-hybridized carbons (Fsp3) is 0.894. The van der Waals surface area contributed by atoms with Crippen molar-refractivity contribution < 1.29 is 47.1 Å². The predicted octanol–water partition coefficient (Wildman–Crippen LogP) is 8.54. The van der Waals surface area contributed by atoms with Crippen LogP contribution >= 0.6 is 0 Å². The van der Waals surface area contributed by atoms with Crippen LogP contribution < -0.4 is 0 Å². The third-order valence-electron chi connectivity index (χ3n) is 16.6. The van der Waals surface area contributed by atoms with Gasteiger partial charge in [0, 0.05) is 38.2 Å². The Hall–Kier alpha value is -0.993. The number of rotatable bonds is 5. The maximum atomic E-state index is 14.3. The third-order valence-corrected chi connectivity index (χ3v) is 21.2. The van der Waals surface area contributed by atoms with Gasteiger partial charge in [-0.3, -0.25) is 4.79 Å². The molecule has 0 aliphatic carbocycles. The molecule has 10 aliphatic heterocycles. The van der Waals surface area contributed by atoms with E-state index in [0.717, 1.165) is 69.8 Å². The lowest BCUT2D eigenvalue weighted by molar-refractivity contribution is -0.292. The highest BCUT2D eigenvalue weighted by Crippen LogP contribution is 2.54. The molecule has 10 rings (SSSR count). The van der Waals surface area contributed by atoms with E-state index in [0.29, 0.717) is 31.6 Å². The fourth-order valence-corrected chi connectivity index (χ4v) is 13.5. The number of ether oxygens (including phenoxy) is 8. The normalized spacial score (nSPS) is 48.8. The van der Waals surface area contributed by atoms with Gasteiger partial charge in [-0.1, -0.05) is 54.7 Å². The summed E-state index contributed by atoms with van der Waals surface area (Å²) in [6.45, 7) is 27.5. The van der Waals surface area contributed by atoms with E-state index in [1.54, 1.807) is 0 Å². The average molecular weight is 827 g/mol. The fourth-order valence-electron chi connectivity index (χ4n) is 12.1. The van der Waals surface area contributed by atoms with Crippen molar-refractivity contribution in [2.45, 2.75) is 247 Å². The van der Waals surface area contributed by atoms with Gasteiger partial charge in [0.05, 0.1) is 54.9 Å². The van der Waals surface area contributed by atoms with Crippen molar-refractivity contribution in [1.82, 2.24) is 0 Å². The largest absolute Gasteiger partial charge is 0.414 e. The summed E-state index contributed by atoms with van der Waals surface area (Å²) >= 11 is 0. The lowest BCUT2D eigenvalue weighted by Crippen LogP contribution is -2.61. The molecule has 326 valence electrons. The second-order valence-electron chi connectivity index (χ2n) is 21.6. The first-order valence-corrected chi connectivity index (χ1v) is 26.2. The quantitative estimate of drug-likeness (QED) is 0.198. The molecule has 5 unspecified atom stereocenters. The van der Waals surface area contributed by atoms with Crippen LogP contribution in [0.1, 0.15) is 131 Å². The SMILES string of the molecule is C=C1C[C@@H]2CCC34CC5O[C@@H]6C(O[C@H]7CC[C@H](CC(=O)C[C@@H]8[C@@H](C)[C@@H](C[C@@H](CC)O[Si](C)(C)C(C)(C)C)O[C@H]8CC8O[C@@H](CCC1O2)C[C@@H](C)C8=C)O[C@@H]7[C@@H]6O3)[C@@H]5O4. The molecule has 19 atom stereocenters. The molecule has 0 radical (unpaired) electrons. The van der Waals surface area contributed by atoms with Gasteiger partial charge in [-0.2, -0.15) is 0 Å². The van der Waals surface area contributed by atoms with Crippen molar-refractivity contribution in [3.8, 4) is 0 Å². The molecule has 0 N–H and O–H groups in total. The molecule has 0 amide bonds. The minimum absolute atomic E-state index is 0.00187. The van der Waals surface area contributed by atoms with Crippen LogP contribution in [0.25, 0.3) is 0 Å². The summed E-state index contributed by atoms with van der Waals surface area (Å²) in [6.07, 6.45) is 9.35. The van der Waals surface area contributed by atoms with Gasteiger partial charge in [-0.15, -0.1) is 0 Å². The van der Waals surface area contributed by atoms with Crippen LogP contribution in [-0.2, 0) is 47.1 Å². The summed E-state index contributed by atoms with van der Waals surface area (Å²) in [6, 6.07) is 0. The maximum Gasteiger partial charge on any atom is 0.192 e. The van der Waals surface area contributed by atoms with E-state index in [-0.39, 0.29) is 114 Å². The number of hydrogen-bond donors (Lipinski definition) is 0. The molecule has 0 aromatic carbocycles. The predicted molar refractivity (Wildman–Crippen MR) is 222 cm³/mol. The lowest BCUT2D eigenvalue weighted by Gasteiger charge is -2.47. The molecule has 10 nitrogen and oxygen atoms in total. The Morgan fingerprint density at radius 3 is 2.24 bits per heavy atom. The Kier molecular flexibility index (Phi) is 11.7. The number of carbonyl (C=O) groups is 1. The first-order valence-electron chi connectivity index (χ1n) is 23.3. The van der Waals surface area contributed by atoms with E-state index in [4.69, 9.17) is 42.3 Å². The molecule has 10 aliphatic rings. The Balaban J connectivity index is 0.972. The van der Waals surface area contributed by atoms with E-state index < -0.39 is 14.1 Å². The van der Waals surface area contributed by atoms with Gasteiger partial charge in [0.15, 0.2) is 14.1 Å². The van der Waals surface area contributed by atoms with E-state index in [9.17, 15) is 4.79 Å². The van der Waals surface area contributed by atoms with Crippen LogP contribution in [0.4, 0.5) is 0 Å². The topological polar surface area (TPSA) is 100 Å². The van der Waals surface area contributed by atoms with Crippen molar-refractivity contribution >= 4 is 14.1 Å².